The molecule has 0 fully saturated rings. The van der Waals surface area contributed by atoms with E-state index in [0.717, 1.165) is 5.56 Å². The Morgan fingerprint density at radius 2 is 2.05 bits per heavy atom. The number of esters is 1. The highest BCUT2D eigenvalue weighted by molar-refractivity contribution is 6.02. The van der Waals surface area contributed by atoms with Gasteiger partial charge in [-0.05, 0) is 24.5 Å². The molecule has 0 bridgehead atoms. The number of methoxy groups -OCH3 is 1. The predicted molar refractivity (Wildman–Crippen MR) is 69.2 cm³/mol. The fraction of sp³-hybridized carbons (Fsp3) is 0.333. The second-order valence-electron chi connectivity index (χ2n) is 4.56. The molecule has 0 saturated carbocycles. The zero-order chi connectivity index (χ0) is 13.8. The van der Waals surface area contributed by atoms with Crippen molar-refractivity contribution in [3.63, 3.8) is 0 Å². The maximum Gasteiger partial charge on any atom is 0.333 e. The predicted octanol–water partition coefficient (Wildman–Crippen LogP) is 1.80. The number of aliphatic hydroxyl groups is 1. The number of hydrogen-bond acceptors (Lipinski definition) is 4. The van der Waals surface area contributed by atoms with Crippen molar-refractivity contribution in [1.29, 1.82) is 0 Å². The normalized spacial score (nSPS) is 20.6. The molecule has 1 aliphatic carbocycles. The number of aliphatic hydroxyl groups excluding tert-OH is 1. The third-order valence-electron chi connectivity index (χ3n) is 3.38. The van der Waals surface area contributed by atoms with Gasteiger partial charge in [0.25, 0.3) is 0 Å². The number of ketones is 1. The van der Waals surface area contributed by atoms with Gasteiger partial charge in [0.2, 0.25) is 0 Å². The van der Waals surface area contributed by atoms with Crippen LogP contribution in [0.1, 0.15) is 24.5 Å². The van der Waals surface area contributed by atoms with Crippen LogP contribution in [0.25, 0.3) is 0 Å². The number of ether oxygens (including phenoxy) is 1. The van der Waals surface area contributed by atoms with Gasteiger partial charge in [0.1, 0.15) is 0 Å². The lowest BCUT2D eigenvalue weighted by molar-refractivity contribution is -0.137. The average Bonchev–Trinajstić information content (AvgIpc) is 2.46. The summed E-state index contributed by atoms with van der Waals surface area (Å²) in [5.74, 6) is -1.18. The first-order chi connectivity index (χ1) is 9.13. The molecular weight excluding hydrogens is 244 g/mol. The Morgan fingerprint density at radius 1 is 1.37 bits per heavy atom. The van der Waals surface area contributed by atoms with Crippen molar-refractivity contribution < 1.29 is 19.4 Å². The highest BCUT2D eigenvalue weighted by atomic mass is 16.5. The van der Waals surface area contributed by atoms with Crippen molar-refractivity contribution in [2.75, 3.05) is 7.11 Å². The van der Waals surface area contributed by atoms with Crippen LogP contribution in [0.5, 0.6) is 0 Å². The van der Waals surface area contributed by atoms with Crippen molar-refractivity contribution in [1.82, 2.24) is 0 Å². The summed E-state index contributed by atoms with van der Waals surface area (Å²) >= 11 is 0. The minimum absolute atomic E-state index is 0.219. The van der Waals surface area contributed by atoms with E-state index in [1.165, 1.54) is 13.2 Å². The molecule has 1 aromatic carbocycles. The van der Waals surface area contributed by atoms with E-state index in [1.807, 2.05) is 18.2 Å². The second-order valence-corrected chi connectivity index (χ2v) is 4.56. The van der Waals surface area contributed by atoms with E-state index in [2.05, 4.69) is 4.74 Å². The van der Waals surface area contributed by atoms with Crippen LogP contribution in [-0.2, 0) is 14.3 Å². The molecule has 0 aliphatic heterocycles. The number of rotatable bonds is 3. The van der Waals surface area contributed by atoms with E-state index in [-0.39, 0.29) is 5.78 Å². The topological polar surface area (TPSA) is 63.6 Å². The molecule has 0 radical (unpaired) electrons. The molecule has 100 valence electrons. The van der Waals surface area contributed by atoms with Crippen molar-refractivity contribution in [3.8, 4) is 0 Å². The van der Waals surface area contributed by atoms with Crippen LogP contribution < -0.4 is 0 Å². The molecule has 0 saturated heterocycles. The third-order valence-corrected chi connectivity index (χ3v) is 3.38. The smallest absolute Gasteiger partial charge is 0.333 e. The van der Waals surface area contributed by atoms with Gasteiger partial charge >= 0.3 is 5.97 Å². The third kappa shape index (κ3) is 2.90. The molecule has 4 heteroatoms. The van der Waals surface area contributed by atoms with Crippen molar-refractivity contribution in [3.05, 3.63) is 47.5 Å². The maximum absolute atomic E-state index is 12.0. The highest BCUT2D eigenvalue weighted by Gasteiger charge is 2.31. The van der Waals surface area contributed by atoms with Crippen LogP contribution in [0.15, 0.2) is 42.0 Å². The molecule has 2 rings (SSSR count). The molecule has 4 nitrogen and oxygen atoms in total. The quantitative estimate of drug-likeness (QED) is 0.842. The monoisotopic (exact) mass is 260 g/mol. The summed E-state index contributed by atoms with van der Waals surface area (Å²) in [6.07, 6.45) is 1.37. The Kier molecular flexibility index (Phi) is 4.12. The van der Waals surface area contributed by atoms with E-state index in [4.69, 9.17) is 0 Å². The number of carbonyl (C=O) groups excluding carboxylic acids is 2. The summed E-state index contributed by atoms with van der Waals surface area (Å²) in [6.45, 7) is 0. The summed E-state index contributed by atoms with van der Waals surface area (Å²) in [6, 6.07) is 9.08. The van der Waals surface area contributed by atoms with Gasteiger partial charge in [0.05, 0.1) is 19.1 Å². The first-order valence-electron chi connectivity index (χ1n) is 6.19. The molecule has 1 aromatic rings. The molecular formula is C15H16O4. The molecule has 0 unspecified atom stereocenters. The molecule has 0 amide bonds. The maximum atomic E-state index is 12.0. The highest BCUT2D eigenvalue weighted by Crippen LogP contribution is 2.31. The lowest BCUT2D eigenvalue weighted by Gasteiger charge is -2.24. The first-order valence-corrected chi connectivity index (χ1v) is 6.19. The molecule has 1 aliphatic rings. The Bertz CT molecular complexity index is 504. The molecule has 19 heavy (non-hydrogen) atoms. The van der Waals surface area contributed by atoms with E-state index in [9.17, 15) is 14.7 Å². The Hall–Kier alpha value is -1.94. The molecule has 0 spiro atoms. The fourth-order valence-electron chi connectivity index (χ4n) is 2.29. The van der Waals surface area contributed by atoms with Crippen LogP contribution in [0.3, 0.4) is 0 Å². The van der Waals surface area contributed by atoms with Gasteiger partial charge in [-0.3, -0.25) is 4.79 Å². The minimum atomic E-state index is -0.829. The zero-order valence-corrected chi connectivity index (χ0v) is 10.7. The lowest BCUT2D eigenvalue weighted by Crippen LogP contribution is -2.26. The number of allylic oxidation sites excluding steroid dienone is 1. The van der Waals surface area contributed by atoms with E-state index < -0.39 is 18.0 Å². The summed E-state index contributed by atoms with van der Waals surface area (Å²) in [5, 5.41) is 10.2. The Balaban J connectivity index is 2.15. The minimum Gasteiger partial charge on any atom is -0.466 e. The Labute approximate surface area is 111 Å². The van der Waals surface area contributed by atoms with Crippen LogP contribution in [0.4, 0.5) is 0 Å². The summed E-state index contributed by atoms with van der Waals surface area (Å²) in [7, 11) is 1.29. The standard InChI is InChI=1S/C15H16O4/c1-19-15(18)11-7-8-12(13(16)9-11)14(17)10-5-3-2-4-6-10/h2-6,9,12,14,17H,7-8H2,1H3/t12-,14-/m1/s1. The van der Waals surface area contributed by atoms with Gasteiger partial charge in [0.15, 0.2) is 5.78 Å². The van der Waals surface area contributed by atoms with Gasteiger partial charge in [-0.1, -0.05) is 30.3 Å². The van der Waals surface area contributed by atoms with E-state index in [0.29, 0.717) is 18.4 Å². The van der Waals surface area contributed by atoms with Gasteiger partial charge in [-0.15, -0.1) is 0 Å². The largest absolute Gasteiger partial charge is 0.466 e. The van der Waals surface area contributed by atoms with E-state index in [1.54, 1.807) is 12.1 Å². The van der Waals surface area contributed by atoms with Gasteiger partial charge in [-0.2, -0.15) is 0 Å². The number of carbonyl (C=O) groups is 2. The van der Waals surface area contributed by atoms with E-state index >= 15 is 0 Å². The number of hydrogen-bond donors (Lipinski definition) is 1. The molecule has 0 aromatic heterocycles. The lowest BCUT2D eigenvalue weighted by atomic mass is 9.82. The van der Waals surface area contributed by atoms with Crippen molar-refractivity contribution in [2.24, 2.45) is 5.92 Å². The fourth-order valence-corrected chi connectivity index (χ4v) is 2.29. The molecule has 2 atom stereocenters. The van der Waals surface area contributed by atoms with Crippen LogP contribution in [0, 0.1) is 5.92 Å². The molecule has 0 heterocycles. The average molecular weight is 260 g/mol. The van der Waals surface area contributed by atoms with Crippen LogP contribution >= 0.6 is 0 Å². The zero-order valence-electron chi connectivity index (χ0n) is 10.7. The van der Waals surface area contributed by atoms with Gasteiger partial charge in [-0.25, -0.2) is 4.79 Å². The Morgan fingerprint density at radius 3 is 2.63 bits per heavy atom. The summed E-state index contributed by atoms with van der Waals surface area (Å²) in [5.41, 5.74) is 1.10. The summed E-state index contributed by atoms with van der Waals surface area (Å²) in [4.78, 5) is 23.3. The molecule has 1 N–H and O–H groups in total. The first kappa shape index (κ1) is 13.5. The van der Waals surface area contributed by atoms with Gasteiger partial charge in [0, 0.05) is 5.57 Å². The van der Waals surface area contributed by atoms with Crippen molar-refractivity contribution in [2.45, 2.75) is 18.9 Å². The van der Waals surface area contributed by atoms with Crippen LogP contribution in [-0.4, -0.2) is 24.0 Å². The van der Waals surface area contributed by atoms with Crippen LogP contribution in [0.2, 0.25) is 0 Å². The SMILES string of the molecule is COC(=O)C1=CC(=O)[C@H]([C@H](O)c2ccccc2)CC1. The van der Waals surface area contributed by atoms with Crippen molar-refractivity contribution >= 4 is 11.8 Å². The second kappa shape index (κ2) is 5.80. The number of benzene rings is 1. The van der Waals surface area contributed by atoms with Gasteiger partial charge < -0.3 is 9.84 Å². The summed E-state index contributed by atoms with van der Waals surface area (Å²) < 4.78 is 4.60.